The minimum absolute atomic E-state index is 0.0644. The SMILES string of the molecule is CCCCCCCCCCCCCCCC(=O)OC[C@H](COC(=O)CCCCCCCCCCCCC(C)C)OC(=O)CCCCCCCCCCC(C)CC. The maximum Gasteiger partial charge on any atom is 0.306 e. The van der Waals surface area contributed by atoms with Gasteiger partial charge < -0.3 is 14.2 Å². The van der Waals surface area contributed by atoms with Gasteiger partial charge in [0.15, 0.2) is 6.10 Å². The van der Waals surface area contributed by atoms with Gasteiger partial charge in [0.25, 0.3) is 0 Å². The van der Waals surface area contributed by atoms with Gasteiger partial charge >= 0.3 is 17.9 Å². The number of unbranched alkanes of at least 4 members (excludes halogenated alkanes) is 28. The number of hydrogen-bond donors (Lipinski definition) is 0. The lowest BCUT2D eigenvalue weighted by molar-refractivity contribution is -0.167. The molecule has 0 aromatic rings. The van der Waals surface area contributed by atoms with Crippen LogP contribution in [0, 0.1) is 11.8 Å². The van der Waals surface area contributed by atoms with E-state index in [0.717, 1.165) is 69.6 Å². The van der Waals surface area contributed by atoms with E-state index in [-0.39, 0.29) is 31.1 Å². The summed E-state index contributed by atoms with van der Waals surface area (Å²) in [6, 6.07) is 0. The number of esters is 3. The Morgan fingerprint density at radius 1 is 0.375 bits per heavy atom. The highest BCUT2D eigenvalue weighted by atomic mass is 16.6. The smallest absolute Gasteiger partial charge is 0.306 e. The molecule has 0 aliphatic carbocycles. The average molecular weight is 793 g/mol. The fraction of sp³-hybridized carbons (Fsp3) is 0.940. The lowest BCUT2D eigenvalue weighted by Crippen LogP contribution is -2.30. The van der Waals surface area contributed by atoms with Crippen LogP contribution in [-0.2, 0) is 28.6 Å². The van der Waals surface area contributed by atoms with Crippen molar-refractivity contribution in [1.82, 2.24) is 0 Å². The van der Waals surface area contributed by atoms with Gasteiger partial charge in [0.2, 0.25) is 0 Å². The third kappa shape index (κ3) is 42.0. The van der Waals surface area contributed by atoms with Crippen molar-refractivity contribution in [2.45, 2.75) is 278 Å². The topological polar surface area (TPSA) is 78.9 Å². The minimum Gasteiger partial charge on any atom is -0.462 e. The predicted molar refractivity (Wildman–Crippen MR) is 238 cm³/mol. The van der Waals surface area contributed by atoms with Crippen LogP contribution in [0.2, 0.25) is 0 Å². The molecular formula is C50H96O6. The summed E-state index contributed by atoms with van der Waals surface area (Å²) in [5.74, 6) is 0.810. The number of carbonyl (C=O) groups excluding carboxylic acids is 3. The van der Waals surface area contributed by atoms with Crippen LogP contribution < -0.4 is 0 Å². The van der Waals surface area contributed by atoms with Crippen LogP contribution in [0.1, 0.15) is 272 Å². The van der Waals surface area contributed by atoms with Crippen molar-refractivity contribution in [3.05, 3.63) is 0 Å². The van der Waals surface area contributed by atoms with Gasteiger partial charge in [-0.05, 0) is 31.1 Å². The van der Waals surface area contributed by atoms with Crippen molar-refractivity contribution < 1.29 is 28.6 Å². The van der Waals surface area contributed by atoms with Crippen molar-refractivity contribution in [3.63, 3.8) is 0 Å². The van der Waals surface area contributed by atoms with Crippen molar-refractivity contribution in [3.8, 4) is 0 Å². The van der Waals surface area contributed by atoms with Gasteiger partial charge in [-0.3, -0.25) is 14.4 Å². The van der Waals surface area contributed by atoms with Crippen LogP contribution >= 0.6 is 0 Å². The van der Waals surface area contributed by atoms with Gasteiger partial charge in [0.1, 0.15) is 13.2 Å². The Kier molecular flexibility index (Phi) is 41.8. The second-order valence-electron chi connectivity index (χ2n) is 17.8. The first-order valence-corrected chi connectivity index (χ1v) is 24.8. The summed E-state index contributed by atoms with van der Waals surface area (Å²) in [5, 5.41) is 0. The molecule has 0 bridgehead atoms. The van der Waals surface area contributed by atoms with E-state index >= 15 is 0 Å². The Bertz CT molecular complexity index is 856. The molecule has 0 heterocycles. The number of hydrogen-bond acceptors (Lipinski definition) is 6. The standard InChI is InChI=1S/C50H96O6/c1-6-8-9-10-11-12-13-14-15-19-25-30-35-40-48(51)54-43-47(56-50(53)42-37-32-27-22-21-24-29-34-39-46(5)7-2)44-55-49(52)41-36-31-26-20-17-16-18-23-28-33-38-45(3)4/h45-47H,6-44H2,1-5H3/t46?,47-/m1/s1. The highest BCUT2D eigenvalue weighted by molar-refractivity contribution is 5.71. The second-order valence-corrected chi connectivity index (χ2v) is 17.8. The largest absolute Gasteiger partial charge is 0.462 e. The number of carbonyl (C=O) groups is 3. The van der Waals surface area contributed by atoms with Crippen LogP contribution in [0.5, 0.6) is 0 Å². The van der Waals surface area contributed by atoms with Gasteiger partial charge in [-0.15, -0.1) is 0 Å². The molecular weight excluding hydrogens is 697 g/mol. The zero-order chi connectivity index (χ0) is 41.2. The second kappa shape index (κ2) is 43.0. The van der Waals surface area contributed by atoms with Gasteiger partial charge in [0, 0.05) is 19.3 Å². The molecule has 0 aromatic carbocycles. The van der Waals surface area contributed by atoms with E-state index in [9.17, 15) is 14.4 Å². The van der Waals surface area contributed by atoms with E-state index in [1.54, 1.807) is 0 Å². The molecule has 0 aliphatic rings. The summed E-state index contributed by atoms with van der Waals surface area (Å²) in [5.41, 5.74) is 0. The zero-order valence-electron chi connectivity index (χ0n) is 38.3. The first-order chi connectivity index (χ1) is 27.3. The Morgan fingerprint density at radius 3 is 1.02 bits per heavy atom. The van der Waals surface area contributed by atoms with Crippen LogP contribution in [0.4, 0.5) is 0 Å². The maximum atomic E-state index is 12.7. The molecule has 0 saturated carbocycles. The molecule has 0 amide bonds. The molecule has 0 aromatic heterocycles. The molecule has 0 radical (unpaired) electrons. The first kappa shape index (κ1) is 54.4. The summed E-state index contributed by atoms with van der Waals surface area (Å²) < 4.78 is 16.8. The Hall–Kier alpha value is -1.59. The Morgan fingerprint density at radius 2 is 0.679 bits per heavy atom. The highest BCUT2D eigenvalue weighted by Crippen LogP contribution is 2.17. The van der Waals surface area contributed by atoms with Gasteiger partial charge in [-0.2, -0.15) is 0 Å². The lowest BCUT2D eigenvalue weighted by Gasteiger charge is -2.18. The molecule has 0 spiro atoms. The summed E-state index contributed by atoms with van der Waals surface area (Å²) in [6.07, 6.45) is 42.2. The van der Waals surface area contributed by atoms with Crippen molar-refractivity contribution in [2.75, 3.05) is 13.2 Å². The van der Waals surface area contributed by atoms with E-state index < -0.39 is 6.10 Å². The average Bonchev–Trinajstić information content (AvgIpc) is 3.18. The van der Waals surface area contributed by atoms with Gasteiger partial charge in [-0.1, -0.05) is 234 Å². The van der Waals surface area contributed by atoms with Crippen molar-refractivity contribution in [2.24, 2.45) is 11.8 Å². The molecule has 56 heavy (non-hydrogen) atoms. The van der Waals surface area contributed by atoms with E-state index in [1.807, 2.05) is 0 Å². The summed E-state index contributed by atoms with van der Waals surface area (Å²) in [6.45, 7) is 11.4. The van der Waals surface area contributed by atoms with Crippen molar-refractivity contribution in [1.29, 1.82) is 0 Å². The van der Waals surface area contributed by atoms with Crippen LogP contribution in [0.15, 0.2) is 0 Å². The molecule has 6 nitrogen and oxygen atoms in total. The Balaban J connectivity index is 4.34. The molecule has 332 valence electrons. The van der Waals surface area contributed by atoms with E-state index in [1.165, 1.54) is 161 Å². The molecule has 0 rings (SSSR count). The van der Waals surface area contributed by atoms with Crippen LogP contribution in [-0.4, -0.2) is 37.2 Å². The van der Waals surface area contributed by atoms with Crippen LogP contribution in [0.25, 0.3) is 0 Å². The number of rotatable bonds is 44. The van der Waals surface area contributed by atoms with Gasteiger partial charge in [-0.25, -0.2) is 0 Å². The molecule has 2 atom stereocenters. The lowest BCUT2D eigenvalue weighted by atomic mass is 9.99. The van der Waals surface area contributed by atoms with E-state index in [0.29, 0.717) is 19.3 Å². The number of ether oxygens (including phenoxy) is 3. The van der Waals surface area contributed by atoms with Gasteiger partial charge in [0.05, 0.1) is 0 Å². The normalized spacial score (nSPS) is 12.5. The molecule has 1 unspecified atom stereocenters. The summed E-state index contributed by atoms with van der Waals surface area (Å²) in [4.78, 5) is 37.8. The molecule has 0 fully saturated rings. The monoisotopic (exact) mass is 793 g/mol. The predicted octanol–water partition coefficient (Wildman–Crippen LogP) is 15.8. The summed E-state index contributed by atoms with van der Waals surface area (Å²) >= 11 is 0. The summed E-state index contributed by atoms with van der Waals surface area (Å²) in [7, 11) is 0. The molecule has 0 saturated heterocycles. The van der Waals surface area contributed by atoms with Crippen LogP contribution in [0.3, 0.4) is 0 Å². The fourth-order valence-corrected chi connectivity index (χ4v) is 7.43. The third-order valence-electron chi connectivity index (χ3n) is 11.6. The third-order valence-corrected chi connectivity index (χ3v) is 11.6. The molecule has 0 N–H and O–H groups in total. The van der Waals surface area contributed by atoms with E-state index in [2.05, 4.69) is 34.6 Å². The zero-order valence-corrected chi connectivity index (χ0v) is 38.3. The Labute approximate surface area is 348 Å². The minimum atomic E-state index is -0.761. The fourth-order valence-electron chi connectivity index (χ4n) is 7.43. The maximum absolute atomic E-state index is 12.7. The quantitative estimate of drug-likeness (QED) is 0.0347. The highest BCUT2D eigenvalue weighted by Gasteiger charge is 2.19. The molecule has 0 aliphatic heterocycles. The first-order valence-electron chi connectivity index (χ1n) is 24.8. The molecule has 6 heteroatoms. The van der Waals surface area contributed by atoms with Crippen molar-refractivity contribution >= 4 is 17.9 Å². The van der Waals surface area contributed by atoms with E-state index in [4.69, 9.17) is 14.2 Å².